The van der Waals surface area contributed by atoms with Gasteiger partial charge in [-0.1, -0.05) is 0 Å². The average molecular weight is 371 g/mol. The number of amides is 1. The molecule has 0 saturated carbocycles. The van der Waals surface area contributed by atoms with Crippen LogP contribution in [0.1, 0.15) is 28.3 Å². The van der Waals surface area contributed by atoms with Gasteiger partial charge >= 0.3 is 5.97 Å². The topological polar surface area (TPSA) is 123 Å². The molecule has 0 radical (unpaired) electrons. The maximum absolute atomic E-state index is 11.4. The summed E-state index contributed by atoms with van der Waals surface area (Å²) >= 11 is 0. The highest BCUT2D eigenvalue weighted by molar-refractivity contribution is 5.86. The predicted molar refractivity (Wildman–Crippen MR) is 93.3 cm³/mol. The van der Waals surface area contributed by atoms with Gasteiger partial charge in [-0.25, -0.2) is 10.2 Å². The van der Waals surface area contributed by atoms with E-state index in [4.69, 9.17) is 19.2 Å². The minimum Gasteiger partial charge on any atom is -0.493 e. The third-order valence-electron chi connectivity index (χ3n) is 3.25. The van der Waals surface area contributed by atoms with E-state index in [1.165, 1.54) is 26.5 Å². The maximum Gasteiger partial charge on any atom is 0.373 e. The number of rotatable bonds is 8. The molecule has 1 N–H and O–H groups in total. The van der Waals surface area contributed by atoms with Gasteiger partial charge in [-0.2, -0.15) is 10.4 Å². The van der Waals surface area contributed by atoms with Gasteiger partial charge < -0.3 is 18.6 Å². The van der Waals surface area contributed by atoms with Crippen LogP contribution in [-0.4, -0.2) is 32.3 Å². The number of hydrogen-bond donors (Lipinski definition) is 1. The van der Waals surface area contributed by atoms with Gasteiger partial charge in [-0.05, 0) is 35.9 Å². The number of nitriles is 1. The van der Waals surface area contributed by atoms with Crippen LogP contribution < -0.4 is 14.9 Å². The van der Waals surface area contributed by atoms with Crippen LogP contribution in [0.15, 0.2) is 39.9 Å². The standard InChI is InChI=1S/C18H17N3O6/c1-24-16-9-12(10-20-21-17(22)7-8-19)3-5-14(16)26-11-13-4-6-15(27-13)18(23)25-2/h3-6,9-10H,7,11H2,1-2H3,(H,21,22). The van der Waals surface area contributed by atoms with E-state index in [9.17, 15) is 9.59 Å². The van der Waals surface area contributed by atoms with Crippen molar-refractivity contribution < 1.29 is 28.2 Å². The Balaban J connectivity index is 2.00. The Morgan fingerprint density at radius 2 is 2.07 bits per heavy atom. The van der Waals surface area contributed by atoms with Crippen molar-refractivity contribution in [3.05, 3.63) is 47.4 Å². The molecule has 27 heavy (non-hydrogen) atoms. The number of benzene rings is 1. The average Bonchev–Trinajstić information content (AvgIpc) is 3.15. The van der Waals surface area contributed by atoms with Gasteiger partial charge in [0.2, 0.25) is 5.76 Å². The second-order valence-electron chi connectivity index (χ2n) is 5.08. The fourth-order valence-corrected chi connectivity index (χ4v) is 1.99. The second kappa shape index (κ2) is 9.62. The van der Waals surface area contributed by atoms with E-state index in [0.29, 0.717) is 22.8 Å². The SMILES string of the molecule is COC(=O)c1ccc(COc2ccc(C=NNC(=O)CC#N)cc2OC)o1. The Kier molecular flexibility index (Phi) is 6.96. The second-order valence-corrected chi connectivity index (χ2v) is 5.08. The number of carbonyl (C=O) groups excluding carboxylic acids is 2. The number of nitrogens with one attached hydrogen (secondary N) is 1. The predicted octanol–water partition coefficient (Wildman–Crippen LogP) is 2.02. The highest BCUT2D eigenvalue weighted by atomic mass is 16.5. The van der Waals surface area contributed by atoms with Crippen molar-refractivity contribution in [2.75, 3.05) is 14.2 Å². The molecule has 0 bridgehead atoms. The Morgan fingerprint density at radius 1 is 1.26 bits per heavy atom. The van der Waals surface area contributed by atoms with Crippen LogP contribution in [0.25, 0.3) is 0 Å². The quantitative estimate of drug-likeness (QED) is 0.428. The van der Waals surface area contributed by atoms with Gasteiger partial charge in [0.15, 0.2) is 11.5 Å². The maximum atomic E-state index is 11.4. The number of hydrazone groups is 1. The summed E-state index contributed by atoms with van der Waals surface area (Å²) in [6.45, 7) is 0.0883. The summed E-state index contributed by atoms with van der Waals surface area (Å²) < 4.78 is 20.8. The Labute approximate surface area is 155 Å². The van der Waals surface area contributed by atoms with E-state index in [2.05, 4.69) is 15.3 Å². The van der Waals surface area contributed by atoms with Gasteiger partial charge in [0.05, 0.1) is 26.5 Å². The highest BCUT2D eigenvalue weighted by Crippen LogP contribution is 2.28. The van der Waals surface area contributed by atoms with Crippen LogP contribution in [-0.2, 0) is 16.1 Å². The lowest BCUT2D eigenvalue weighted by molar-refractivity contribution is -0.120. The molecule has 1 amide bonds. The summed E-state index contributed by atoms with van der Waals surface area (Å²) in [4.78, 5) is 22.5. The fourth-order valence-electron chi connectivity index (χ4n) is 1.99. The largest absolute Gasteiger partial charge is 0.493 e. The van der Waals surface area contributed by atoms with Crippen LogP contribution in [0.5, 0.6) is 11.5 Å². The number of furan rings is 1. The van der Waals surface area contributed by atoms with Crippen LogP contribution >= 0.6 is 0 Å². The zero-order chi connectivity index (χ0) is 19.6. The Hall–Kier alpha value is -3.80. The molecule has 9 nitrogen and oxygen atoms in total. The summed E-state index contributed by atoms with van der Waals surface area (Å²) in [6, 6.07) is 9.88. The fraction of sp³-hybridized carbons (Fsp3) is 0.222. The van der Waals surface area contributed by atoms with Crippen LogP contribution in [0, 0.1) is 11.3 Å². The number of ether oxygens (including phenoxy) is 3. The van der Waals surface area contributed by atoms with Crippen molar-refractivity contribution >= 4 is 18.1 Å². The molecule has 2 aromatic rings. The normalized spacial score (nSPS) is 10.3. The van der Waals surface area contributed by atoms with Gasteiger partial charge in [0.25, 0.3) is 5.91 Å². The first-order valence-corrected chi connectivity index (χ1v) is 7.74. The van der Waals surface area contributed by atoms with E-state index in [-0.39, 0.29) is 18.8 Å². The summed E-state index contributed by atoms with van der Waals surface area (Å²) in [5, 5.41) is 12.2. The first-order chi connectivity index (χ1) is 13.1. The minimum atomic E-state index is -0.565. The molecule has 0 aliphatic carbocycles. The van der Waals surface area contributed by atoms with Crippen molar-refractivity contribution in [2.24, 2.45) is 5.10 Å². The number of esters is 1. The molecule has 0 fully saturated rings. The monoisotopic (exact) mass is 371 g/mol. The van der Waals surface area contributed by atoms with Crippen molar-refractivity contribution in [1.29, 1.82) is 5.26 Å². The number of nitrogens with zero attached hydrogens (tertiary/aromatic N) is 2. The number of carbonyl (C=O) groups is 2. The van der Waals surface area contributed by atoms with Gasteiger partial charge in [0, 0.05) is 0 Å². The smallest absolute Gasteiger partial charge is 0.373 e. The van der Waals surface area contributed by atoms with E-state index in [1.807, 2.05) is 0 Å². The van der Waals surface area contributed by atoms with Crippen molar-refractivity contribution in [2.45, 2.75) is 13.0 Å². The third kappa shape index (κ3) is 5.61. The highest BCUT2D eigenvalue weighted by Gasteiger charge is 2.12. The molecule has 140 valence electrons. The molecule has 1 aromatic carbocycles. The minimum absolute atomic E-state index is 0.0883. The zero-order valence-corrected chi connectivity index (χ0v) is 14.7. The molecule has 2 rings (SSSR count). The molecule has 0 unspecified atom stereocenters. The third-order valence-corrected chi connectivity index (χ3v) is 3.25. The van der Waals surface area contributed by atoms with E-state index >= 15 is 0 Å². The molecule has 0 atom stereocenters. The molecule has 9 heteroatoms. The van der Waals surface area contributed by atoms with Crippen LogP contribution in [0.3, 0.4) is 0 Å². The summed E-state index contributed by atoms with van der Waals surface area (Å²) in [7, 11) is 2.76. The summed E-state index contributed by atoms with van der Waals surface area (Å²) in [6.07, 6.45) is 1.15. The molecular formula is C18H17N3O6. The molecule has 0 spiro atoms. The van der Waals surface area contributed by atoms with E-state index in [0.717, 1.165) is 0 Å². The molecule has 1 aromatic heterocycles. The molecule has 0 saturated heterocycles. The van der Waals surface area contributed by atoms with Gasteiger partial charge in [0.1, 0.15) is 18.8 Å². The van der Waals surface area contributed by atoms with Gasteiger partial charge in [-0.15, -0.1) is 0 Å². The van der Waals surface area contributed by atoms with Gasteiger partial charge in [-0.3, -0.25) is 4.79 Å². The zero-order valence-electron chi connectivity index (χ0n) is 14.7. The van der Waals surface area contributed by atoms with Crippen LogP contribution in [0.2, 0.25) is 0 Å². The Morgan fingerprint density at radius 3 is 2.78 bits per heavy atom. The van der Waals surface area contributed by atoms with Crippen molar-refractivity contribution in [3.8, 4) is 17.6 Å². The molecular weight excluding hydrogens is 354 g/mol. The lowest BCUT2D eigenvalue weighted by Crippen LogP contribution is -2.16. The first-order valence-electron chi connectivity index (χ1n) is 7.74. The first kappa shape index (κ1) is 19.5. The summed E-state index contributed by atoms with van der Waals surface area (Å²) in [5.74, 6) is 0.382. The molecule has 0 aliphatic heterocycles. The Bertz CT molecular complexity index is 881. The molecule has 1 heterocycles. The number of methoxy groups -OCH3 is 2. The van der Waals surface area contributed by atoms with E-state index < -0.39 is 11.9 Å². The van der Waals surface area contributed by atoms with Crippen LogP contribution in [0.4, 0.5) is 0 Å². The summed E-state index contributed by atoms with van der Waals surface area (Å²) in [5.41, 5.74) is 2.89. The van der Waals surface area contributed by atoms with Crippen molar-refractivity contribution in [3.63, 3.8) is 0 Å². The number of hydrogen-bond acceptors (Lipinski definition) is 8. The van der Waals surface area contributed by atoms with E-state index in [1.54, 1.807) is 30.3 Å². The lowest BCUT2D eigenvalue weighted by atomic mass is 10.2. The van der Waals surface area contributed by atoms with Crippen molar-refractivity contribution in [1.82, 2.24) is 5.43 Å². The lowest BCUT2D eigenvalue weighted by Gasteiger charge is -2.10. The molecule has 0 aliphatic rings.